The number of carboxylic acids is 1. The minimum Gasteiger partial charge on any atom is -0.478 e. The van der Waals surface area contributed by atoms with E-state index in [4.69, 9.17) is 0 Å². The molecule has 2 N–H and O–H groups in total. The molecule has 0 fully saturated rings. The Morgan fingerprint density at radius 3 is 2.67 bits per heavy atom. The molecule has 21 heavy (non-hydrogen) atoms. The number of aromatic carboxylic acids is 1. The zero-order valence-corrected chi connectivity index (χ0v) is 11.0. The van der Waals surface area contributed by atoms with Gasteiger partial charge in [0.15, 0.2) is 0 Å². The number of carboxylic acid groups (broad SMARTS) is 1. The highest BCUT2D eigenvalue weighted by atomic mass is 16.4. The van der Waals surface area contributed by atoms with Gasteiger partial charge in [-0.2, -0.15) is 0 Å². The first-order valence-corrected chi connectivity index (χ1v) is 6.37. The summed E-state index contributed by atoms with van der Waals surface area (Å²) in [6.45, 7) is 0. The Morgan fingerprint density at radius 2 is 2.00 bits per heavy atom. The zero-order chi connectivity index (χ0) is 14.7. The molecule has 0 aliphatic rings. The molecular formula is C15H12N4O2. The van der Waals surface area contributed by atoms with Crippen molar-refractivity contribution in [2.75, 3.05) is 0 Å². The lowest BCUT2D eigenvalue weighted by molar-refractivity contribution is 0.0697. The normalized spacial score (nSPS) is 10.5. The Bertz CT molecular complexity index is 755. The minimum atomic E-state index is -1.04. The highest BCUT2D eigenvalue weighted by Crippen LogP contribution is 2.21. The van der Waals surface area contributed by atoms with Gasteiger partial charge in [0.25, 0.3) is 0 Å². The average molecular weight is 280 g/mol. The molecule has 2 heterocycles. The van der Waals surface area contributed by atoms with Crippen LogP contribution in [0.3, 0.4) is 0 Å². The fourth-order valence-electron chi connectivity index (χ4n) is 2.02. The maximum Gasteiger partial charge on any atom is 0.339 e. The van der Waals surface area contributed by atoms with Crippen molar-refractivity contribution in [2.45, 2.75) is 6.42 Å². The lowest BCUT2D eigenvalue weighted by Gasteiger charge is -2.07. The van der Waals surface area contributed by atoms with Gasteiger partial charge < -0.3 is 10.1 Å². The molecule has 3 rings (SSSR count). The molecule has 0 aliphatic heterocycles. The molecule has 1 aromatic carbocycles. The molecule has 0 saturated heterocycles. The molecule has 0 atom stereocenters. The highest BCUT2D eigenvalue weighted by Gasteiger charge is 2.15. The van der Waals surface area contributed by atoms with Crippen molar-refractivity contribution in [2.24, 2.45) is 0 Å². The standard InChI is InChI=1S/C15H12N4O2/c20-15(21)11-9-18-13(8-12-16-6-7-17-12)19-14(11)10-4-2-1-3-5-10/h1-7,9H,8H2,(H,16,17)(H,20,21). The summed E-state index contributed by atoms with van der Waals surface area (Å²) in [7, 11) is 0. The number of nitrogens with zero attached hydrogens (tertiary/aromatic N) is 3. The number of nitrogens with one attached hydrogen (secondary N) is 1. The molecule has 0 radical (unpaired) electrons. The number of H-pyrrole nitrogens is 1. The molecule has 0 bridgehead atoms. The summed E-state index contributed by atoms with van der Waals surface area (Å²) in [4.78, 5) is 26.9. The van der Waals surface area contributed by atoms with Crippen molar-refractivity contribution in [3.05, 3.63) is 66.1 Å². The van der Waals surface area contributed by atoms with E-state index >= 15 is 0 Å². The molecule has 0 unspecified atom stereocenters. The van der Waals surface area contributed by atoms with Gasteiger partial charge in [-0.05, 0) is 0 Å². The van der Waals surface area contributed by atoms with Gasteiger partial charge in [-0.15, -0.1) is 0 Å². The van der Waals surface area contributed by atoms with Crippen LogP contribution in [0, 0.1) is 0 Å². The van der Waals surface area contributed by atoms with E-state index in [-0.39, 0.29) is 5.56 Å². The summed E-state index contributed by atoms with van der Waals surface area (Å²) in [5.74, 6) is 0.212. The van der Waals surface area contributed by atoms with Crippen LogP contribution in [0.4, 0.5) is 0 Å². The van der Waals surface area contributed by atoms with E-state index in [1.54, 1.807) is 12.4 Å². The van der Waals surface area contributed by atoms with E-state index in [1.807, 2.05) is 30.3 Å². The first-order chi connectivity index (χ1) is 10.2. The molecule has 2 aromatic heterocycles. The predicted octanol–water partition coefficient (Wildman–Crippen LogP) is 2.16. The fraction of sp³-hybridized carbons (Fsp3) is 0.0667. The first kappa shape index (κ1) is 13.0. The van der Waals surface area contributed by atoms with Gasteiger partial charge in [0.05, 0.1) is 12.1 Å². The van der Waals surface area contributed by atoms with Gasteiger partial charge in [-0.3, -0.25) is 0 Å². The Balaban J connectivity index is 2.04. The highest BCUT2D eigenvalue weighted by molar-refractivity contribution is 5.94. The van der Waals surface area contributed by atoms with Gasteiger partial charge in [0.1, 0.15) is 17.2 Å². The van der Waals surface area contributed by atoms with E-state index in [0.29, 0.717) is 17.9 Å². The number of hydrogen-bond donors (Lipinski definition) is 2. The molecular weight excluding hydrogens is 268 g/mol. The molecule has 6 heteroatoms. The van der Waals surface area contributed by atoms with E-state index in [9.17, 15) is 9.90 Å². The van der Waals surface area contributed by atoms with Gasteiger partial charge in [0.2, 0.25) is 0 Å². The second kappa shape index (κ2) is 5.54. The lowest BCUT2D eigenvalue weighted by atomic mass is 10.1. The summed E-state index contributed by atoms with van der Waals surface area (Å²) in [6.07, 6.45) is 5.14. The third-order valence-corrected chi connectivity index (χ3v) is 3.00. The largest absolute Gasteiger partial charge is 0.478 e. The summed E-state index contributed by atoms with van der Waals surface area (Å²) >= 11 is 0. The quantitative estimate of drug-likeness (QED) is 0.764. The second-order valence-corrected chi connectivity index (χ2v) is 4.43. The molecule has 0 amide bonds. The number of hydrogen-bond acceptors (Lipinski definition) is 4. The maximum absolute atomic E-state index is 11.3. The van der Waals surface area contributed by atoms with Crippen molar-refractivity contribution in [1.82, 2.24) is 19.9 Å². The number of rotatable bonds is 4. The average Bonchev–Trinajstić information content (AvgIpc) is 3.01. The SMILES string of the molecule is O=C(O)c1cnc(Cc2ncc[nH]2)nc1-c1ccccc1. The second-order valence-electron chi connectivity index (χ2n) is 4.43. The number of imidazole rings is 1. The van der Waals surface area contributed by atoms with Crippen LogP contribution in [0.25, 0.3) is 11.3 Å². The fourth-order valence-corrected chi connectivity index (χ4v) is 2.02. The molecule has 0 spiro atoms. The van der Waals surface area contributed by atoms with Gasteiger partial charge in [-0.25, -0.2) is 19.7 Å². The van der Waals surface area contributed by atoms with Crippen LogP contribution in [0.2, 0.25) is 0 Å². The van der Waals surface area contributed by atoms with Crippen LogP contribution in [0.5, 0.6) is 0 Å². The van der Waals surface area contributed by atoms with Crippen molar-refractivity contribution >= 4 is 5.97 Å². The Morgan fingerprint density at radius 1 is 1.19 bits per heavy atom. The maximum atomic E-state index is 11.3. The van der Waals surface area contributed by atoms with E-state index in [2.05, 4.69) is 19.9 Å². The van der Waals surface area contributed by atoms with Crippen molar-refractivity contribution in [3.8, 4) is 11.3 Å². The Kier molecular flexibility index (Phi) is 3.42. The van der Waals surface area contributed by atoms with Gasteiger partial charge in [-0.1, -0.05) is 30.3 Å². The van der Waals surface area contributed by atoms with Crippen LogP contribution in [-0.2, 0) is 6.42 Å². The Hall–Kier alpha value is -3.02. The monoisotopic (exact) mass is 280 g/mol. The van der Waals surface area contributed by atoms with Gasteiger partial charge >= 0.3 is 5.97 Å². The van der Waals surface area contributed by atoms with E-state index in [0.717, 1.165) is 11.4 Å². The molecule has 104 valence electrons. The topological polar surface area (TPSA) is 91.8 Å². The van der Waals surface area contributed by atoms with E-state index < -0.39 is 5.97 Å². The van der Waals surface area contributed by atoms with Gasteiger partial charge in [0, 0.05) is 24.2 Å². The molecule has 3 aromatic rings. The molecule has 0 saturated carbocycles. The zero-order valence-electron chi connectivity index (χ0n) is 11.0. The van der Waals surface area contributed by atoms with Crippen LogP contribution < -0.4 is 0 Å². The third kappa shape index (κ3) is 2.79. The molecule has 6 nitrogen and oxygen atoms in total. The van der Waals surface area contributed by atoms with Crippen molar-refractivity contribution < 1.29 is 9.90 Å². The third-order valence-electron chi connectivity index (χ3n) is 3.00. The van der Waals surface area contributed by atoms with E-state index in [1.165, 1.54) is 6.20 Å². The summed E-state index contributed by atoms with van der Waals surface area (Å²) in [5, 5.41) is 9.28. The first-order valence-electron chi connectivity index (χ1n) is 6.37. The van der Waals surface area contributed by atoms with Crippen LogP contribution in [0.15, 0.2) is 48.9 Å². The van der Waals surface area contributed by atoms with Crippen molar-refractivity contribution in [1.29, 1.82) is 0 Å². The van der Waals surface area contributed by atoms with Crippen LogP contribution >= 0.6 is 0 Å². The van der Waals surface area contributed by atoms with Crippen LogP contribution in [0.1, 0.15) is 22.0 Å². The summed E-state index contributed by atoms with van der Waals surface area (Å²) in [6, 6.07) is 9.20. The minimum absolute atomic E-state index is 0.0874. The van der Waals surface area contributed by atoms with Crippen molar-refractivity contribution in [3.63, 3.8) is 0 Å². The number of benzene rings is 1. The smallest absolute Gasteiger partial charge is 0.339 e. The number of aromatic nitrogens is 4. The number of carbonyl (C=O) groups is 1. The number of aromatic amines is 1. The lowest BCUT2D eigenvalue weighted by Crippen LogP contribution is -2.07. The summed E-state index contributed by atoms with van der Waals surface area (Å²) < 4.78 is 0. The Labute approximate surface area is 120 Å². The molecule has 0 aliphatic carbocycles. The predicted molar refractivity (Wildman–Crippen MR) is 75.8 cm³/mol. The van der Waals surface area contributed by atoms with Crippen LogP contribution in [-0.4, -0.2) is 31.0 Å². The summed E-state index contributed by atoms with van der Waals surface area (Å²) in [5.41, 5.74) is 1.25.